The monoisotopic (exact) mass is 279 g/mol. The molecule has 0 unspecified atom stereocenters. The molecule has 108 valence electrons. The Labute approximate surface area is 116 Å². The number of hydrogen-bond acceptors (Lipinski definition) is 5. The second-order valence-corrected chi connectivity index (χ2v) is 5.47. The van der Waals surface area contributed by atoms with E-state index in [9.17, 15) is 9.59 Å². The average molecular weight is 279 g/mol. The van der Waals surface area contributed by atoms with Gasteiger partial charge >= 0.3 is 5.97 Å². The van der Waals surface area contributed by atoms with Gasteiger partial charge in [0.25, 0.3) is 0 Å². The predicted octanol–water partition coefficient (Wildman–Crippen LogP) is -0.546. The number of carboxylic acids is 1. The van der Waals surface area contributed by atoms with Crippen LogP contribution >= 0.6 is 0 Å². The molecule has 2 aliphatic rings. The van der Waals surface area contributed by atoms with E-state index in [1.165, 1.54) is 6.20 Å². The summed E-state index contributed by atoms with van der Waals surface area (Å²) in [6, 6.07) is 0.544. The van der Waals surface area contributed by atoms with Crippen LogP contribution in [0, 0.1) is 0 Å². The number of aromatic nitrogens is 3. The molecule has 1 aliphatic heterocycles. The van der Waals surface area contributed by atoms with Gasteiger partial charge in [0.2, 0.25) is 5.91 Å². The van der Waals surface area contributed by atoms with E-state index < -0.39 is 5.97 Å². The number of carbonyl (C=O) groups is 2. The molecule has 0 bridgehead atoms. The molecule has 1 saturated heterocycles. The Bertz CT molecular complexity index is 533. The molecule has 3 rings (SSSR count). The number of aromatic carboxylic acids is 1. The number of amides is 1. The highest BCUT2D eigenvalue weighted by Crippen LogP contribution is 2.26. The standard InChI is InChI=1S/C12H17N5O3/c1-15(8-2-3-8)11(18)7-16-4-9(5-16)17-6-10(12(19)20)13-14-17/h6,8-9H,2-5,7H2,1H3,(H,19,20). The highest BCUT2D eigenvalue weighted by Gasteiger charge is 2.34. The van der Waals surface area contributed by atoms with Gasteiger partial charge in [0.05, 0.1) is 18.8 Å². The van der Waals surface area contributed by atoms with Gasteiger partial charge in [-0.15, -0.1) is 5.10 Å². The summed E-state index contributed by atoms with van der Waals surface area (Å²) in [5.41, 5.74) is -0.0482. The maximum absolute atomic E-state index is 11.9. The van der Waals surface area contributed by atoms with E-state index in [4.69, 9.17) is 5.11 Å². The Hall–Kier alpha value is -1.96. The number of carbonyl (C=O) groups excluding carboxylic acids is 1. The Balaban J connectivity index is 1.48. The summed E-state index contributed by atoms with van der Waals surface area (Å²) < 4.78 is 1.56. The third-order valence-electron chi connectivity index (χ3n) is 3.89. The largest absolute Gasteiger partial charge is 0.476 e. The van der Waals surface area contributed by atoms with Crippen LogP contribution in [0.25, 0.3) is 0 Å². The van der Waals surface area contributed by atoms with Crippen molar-refractivity contribution in [3.8, 4) is 0 Å². The van der Waals surface area contributed by atoms with Gasteiger partial charge in [0, 0.05) is 26.2 Å². The van der Waals surface area contributed by atoms with Crippen LogP contribution in [-0.2, 0) is 4.79 Å². The maximum atomic E-state index is 11.9. The molecule has 0 aromatic carbocycles. The van der Waals surface area contributed by atoms with E-state index in [0.29, 0.717) is 25.7 Å². The predicted molar refractivity (Wildman–Crippen MR) is 68.3 cm³/mol. The molecule has 8 nitrogen and oxygen atoms in total. The third kappa shape index (κ3) is 2.51. The van der Waals surface area contributed by atoms with Crippen molar-refractivity contribution in [3.05, 3.63) is 11.9 Å². The molecule has 1 aromatic heterocycles. The van der Waals surface area contributed by atoms with E-state index in [-0.39, 0.29) is 17.6 Å². The number of rotatable bonds is 5. The van der Waals surface area contributed by atoms with E-state index in [2.05, 4.69) is 10.3 Å². The first-order valence-corrected chi connectivity index (χ1v) is 6.67. The molecule has 0 atom stereocenters. The fourth-order valence-electron chi connectivity index (χ4n) is 2.36. The second-order valence-electron chi connectivity index (χ2n) is 5.47. The molecule has 8 heteroatoms. The molecule has 1 amide bonds. The first kappa shape index (κ1) is 13.0. The lowest BCUT2D eigenvalue weighted by Crippen LogP contribution is -2.52. The lowest BCUT2D eigenvalue weighted by Gasteiger charge is -2.39. The first-order chi connectivity index (χ1) is 9.54. The van der Waals surface area contributed by atoms with Crippen LogP contribution in [0.1, 0.15) is 29.4 Å². The van der Waals surface area contributed by atoms with Gasteiger partial charge in [-0.2, -0.15) is 0 Å². The second kappa shape index (κ2) is 4.86. The van der Waals surface area contributed by atoms with Gasteiger partial charge < -0.3 is 10.0 Å². The molecule has 1 saturated carbocycles. The first-order valence-electron chi connectivity index (χ1n) is 6.67. The number of hydrogen-bond donors (Lipinski definition) is 1. The van der Waals surface area contributed by atoms with Gasteiger partial charge in [-0.1, -0.05) is 5.21 Å². The van der Waals surface area contributed by atoms with Crippen molar-refractivity contribution in [2.24, 2.45) is 0 Å². The van der Waals surface area contributed by atoms with E-state index in [1.54, 1.807) is 4.68 Å². The van der Waals surface area contributed by atoms with Gasteiger partial charge in [-0.3, -0.25) is 9.69 Å². The Morgan fingerprint density at radius 1 is 1.45 bits per heavy atom. The lowest BCUT2D eigenvalue weighted by molar-refractivity contribution is -0.133. The molecule has 2 fully saturated rings. The topological polar surface area (TPSA) is 91.6 Å². The minimum Gasteiger partial charge on any atom is -0.476 e. The fourth-order valence-corrected chi connectivity index (χ4v) is 2.36. The summed E-state index contributed by atoms with van der Waals surface area (Å²) in [4.78, 5) is 26.5. The molecule has 2 heterocycles. The highest BCUT2D eigenvalue weighted by molar-refractivity contribution is 5.84. The van der Waals surface area contributed by atoms with Crippen molar-refractivity contribution in [1.29, 1.82) is 0 Å². The summed E-state index contributed by atoms with van der Waals surface area (Å²) in [5.74, 6) is -0.926. The lowest BCUT2D eigenvalue weighted by atomic mass is 10.1. The molecule has 0 radical (unpaired) electrons. The Morgan fingerprint density at radius 2 is 2.15 bits per heavy atom. The summed E-state index contributed by atoms with van der Waals surface area (Å²) in [6.45, 7) is 1.82. The van der Waals surface area contributed by atoms with Gasteiger partial charge in [0.15, 0.2) is 5.69 Å². The summed E-state index contributed by atoms with van der Waals surface area (Å²) >= 11 is 0. The maximum Gasteiger partial charge on any atom is 0.358 e. The van der Waals surface area contributed by atoms with Crippen molar-refractivity contribution in [2.45, 2.75) is 24.9 Å². The van der Waals surface area contributed by atoms with Gasteiger partial charge in [0.1, 0.15) is 0 Å². The number of carboxylic acid groups (broad SMARTS) is 1. The molecule has 0 spiro atoms. The van der Waals surface area contributed by atoms with E-state index in [0.717, 1.165) is 12.8 Å². The minimum atomic E-state index is -1.08. The summed E-state index contributed by atoms with van der Waals surface area (Å²) in [5, 5.41) is 16.2. The van der Waals surface area contributed by atoms with Crippen molar-refractivity contribution < 1.29 is 14.7 Å². The zero-order valence-electron chi connectivity index (χ0n) is 11.3. The average Bonchev–Trinajstić information content (AvgIpc) is 3.09. The Kier molecular flexibility index (Phi) is 3.17. The van der Waals surface area contributed by atoms with Crippen molar-refractivity contribution in [1.82, 2.24) is 24.8 Å². The van der Waals surface area contributed by atoms with Crippen LogP contribution in [0.4, 0.5) is 0 Å². The SMILES string of the molecule is CN(C(=O)CN1CC(n2cc(C(=O)O)nn2)C1)C1CC1. The van der Waals surface area contributed by atoms with Crippen LogP contribution in [0.15, 0.2) is 6.20 Å². The quantitative estimate of drug-likeness (QED) is 0.778. The zero-order valence-corrected chi connectivity index (χ0v) is 11.3. The number of likely N-dealkylation sites (tertiary alicyclic amines) is 1. The van der Waals surface area contributed by atoms with Gasteiger partial charge in [-0.05, 0) is 12.8 Å². The van der Waals surface area contributed by atoms with Crippen molar-refractivity contribution >= 4 is 11.9 Å². The normalized spacial score (nSPS) is 19.6. The molecular weight excluding hydrogens is 262 g/mol. The van der Waals surface area contributed by atoms with Crippen LogP contribution in [0.5, 0.6) is 0 Å². The Morgan fingerprint density at radius 3 is 2.70 bits per heavy atom. The van der Waals surface area contributed by atoms with Crippen LogP contribution < -0.4 is 0 Å². The minimum absolute atomic E-state index is 0.0482. The van der Waals surface area contributed by atoms with Crippen LogP contribution in [0.3, 0.4) is 0 Å². The molecule has 20 heavy (non-hydrogen) atoms. The molecule has 1 aliphatic carbocycles. The molecule has 1 N–H and O–H groups in total. The van der Waals surface area contributed by atoms with E-state index in [1.807, 2.05) is 16.8 Å². The van der Waals surface area contributed by atoms with Crippen molar-refractivity contribution in [3.63, 3.8) is 0 Å². The van der Waals surface area contributed by atoms with E-state index >= 15 is 0 Å². The van der Waals surface area contributed by atoms with Gasteiger partial charge in [-0.25, -0.2) is 9.48 Å². The third-order valence-corrected chi connectivity index (χ3v) is 3.89. The van der Waals surface area contributed by atoms with Crippen LogP contribution in [0.2, 0.25) is 0 Å². The summed E-state index contributed by atoms with van der Waals surface area (Å²) in [6.07, 6.45) is 3.66. The fraction of sp³-hybridized carbons (Fsp3) is 0.667. The van der Waals surface area contributed by atoms with Crippen LogP contribution in [-0.4, -0.2) is 74.5 Å². The molecule has 1 aromatic rings. The zero-order chi connectivity index (χ0) is 14.3. The highest BCUT2D eigenvalue weighted by atomic mass is 16.4. The number of likely N-dealkylation sites (N-methyl/N-ethyl adjacent to an activating group) is 1. The molecular formula is C12H17N5O3. The summed E-state index contributed by atoms with van der Waals surface area (Å²) in [7, 11) is 1.85. The van der Waals surface area contributed by atoms with Crippen molar-refractivity contribution in [2.75, 3.05) is 26.7 Å². The number of nitrogens with zero attached hydrogens (tertiary/aromatic N) is 5. The smallest absolute Gasteiger partial charge is 0.358 e.